The lowest BCUT2D eigenvalue weighted by Gasteiger charge is -2.01. The second-order valence-corrected chi connectivity index (χ2v) is 4.22. The number of hydrogen-bond donors (Lipinski definition) is 1. The largest absolute Gasteiger partial charge is 0.497 e. The molecule has 2 aromatic rings. The first-order valence-corrected chi connectivity index (χ1v) is 6.28. The molecule has 0 spiro atoms. The molecule has 7 heteroatoms. The van der Waals surface area contributed by atoms with Gasteiger partial charge in [-0.3, -0.25) is 0 Å². The van der Waals surface area contributed by atoms with Gasteiger partial charge in [0.15, 0.2) is 0 Å². The van der Waals surface area contributed by atoms with Gasteiger partial charge in [-0.15, -0.1) is 0 Å². The lowest BCUT2D eigenvalue weighted by atomic mass is 10.2. The highest BCUT2D eigenvalue weighted by molar-refractivity contribution is 5.68. The minimum absolute atomic E-state index is 0.119. The van der Waals surface area contributed by atoms with Crippen LogP contribution in [-0.2, 0) is 6.54 Å². The third-order valence-corrected chi connectivity index (χ3v) is 2.89. The Morgan fingerprint density at radius 3 is 2.95 bits per heavy atom. The van der Waals surface area contributed by atoms with Gasteiger partial charge in [0.05, 0.1) is 13.7 Å². The lowest BCUT2D eigenvalue weighted by molar-refractivity contribution is -0.392. The molecule has 0 fully saturated rings. The molecule has 1 heterocycles. The van der Waals surface area contributed by atoms with Crippen LogP contribution in [0.2, 0.25) is 0 Å². The number of imidazole rings is 1. The van der Waals surface area contributed by atoms with Crippen LogP contribution in [0.25, 0.3) is 12.2 Å². The third-order valence-electron chi connectivity index (χ3n) is 2.89. The van der Waals surface area contributed by atoms with E-state index in [-0.39, 0.29) is 19.0 Å². The molecule has 0 saturated heterocycles. The number of benzene rings is 1. The molecule has 0 unspecified atom stereocenters. The molecule has 21 heavy (non-hydrogen) atoms. The maximum atomic E-state index is 10.9. The van der Waals surface area contributed by atoms with Crippen molar-refractivity contribution in [3.05, 3.63) is 52.0 Å². The van der Waals surface area contributed by atoms with Crippen molar-refractivity contribution in [2.24, 2.45) is 0 Å². The molecule has 0 radical (unpaired) electrons. The Balaban J connectivity index is 2.29. The predicted molar refractivity (Wildman–Crippen MR) is 77.9 cm³/mol. The van der Waals surface area contributed by atoms with Crippen LogP contribution in [0.1, 0.15) is 11.4 Å². The van der Waals surface area contributed by atoms with Crippen LogP contribution >= 0.6 is 0 Å². The van der Waals surface area contributed by atoms with Crippen molar-refractivity contribution in [1.29, 1.82) is 0 Å². The molecular weight excluding hydrogens is 274 g/mol. The third kappa shape index (κ3) is 3.46. The normalized spacial score (nSPS) is 11.0. The summed E-state index contributed by atoms with van der Waals surface area (Å²) in [6.07, 6.45) is 4.63. The van der Waals surface area contributed by atoms with Crippen LogP contribution in [0.4, 0.5) is 5.82 Å². The van der Waals surface area contributed by atoms with Crippen LogP contribution < -0.4 is 4.74 Å². The number of methoxy groups -OCH3 is 1. The van der Waals surface area contributed by atoms with Crippen molar-refractivity contribution in [3.63, 3.8) is 0 Å². The summed E-state index contributed by atoms with van der Waals surface area (Å²) < 4.78 is 6.49. The molecular formula is C14H15N3O4. The van der Waals surface area contributed by atoms with Gasteiger partial charge in [-0.2, -0.15) is 0 Å². The van der Waals surface area contributed by atoms with Crippen LogP contribution in [0, 0.1) is 10.1 Å². The van der Waals surface area contributed by atoms with E-state index in [9.17, 15) is 10.1 Å². The molecule has 0 bridgehead atoms. The lowest BCUT2D eigenvalue weighted by Crippen LogP contribution is -2.07. The molecule has 0 saturated carbocycles. The zero-order valence-corrected chi connectivity index (χ0v) is 11.5. The van der Waals surface area contributed by atoms with E-state index in [1.807, 2.05) is 24.3 Å². The average molecular weight is 289 g/mol. The molecule has 0 amide bonds. The Labute approximate surface area is 121 Å². The summed E-state index contributed by atoms with van der Waals surface area (Å²) in [5.41, 5.74) is 0.885. The highest BCUT2D eigenvalue weighted by Gasteiger charge is 2.17. The van der Waals surface area contributed by atoms with E-state index in [0.717, 1.165) is 11.3 Å². The Bertz CT molecular complexity index is 664. The summed E-state index contributed by atoms with van der Waals surface area (Å²) >= 11 is 0. The van der Waals surface area contributed by atoms with Crippen LogP contribution in [0.3, 0.4) is 0 Å². The molecule has 0 aliphatic heterocycles. The highest BCUT2D eigenvalue weighted by Crippen LogP contribution is 2.18. The SMILES string of the molecule is COc1cccc(C=Cc2ncc([N+](=O)[O-])n2CCO)c1. The molecule has 110 valence electrons. The van der Waals surface area contributed by atoms with E-state index >= 15 is 0 Å². The Morgan fingerprint density at radius 1 is 1.48 bits per heavy atom. The number of aliphatic hydroxyl groups excluding tert-OH is 1. The quantitative estimate of drug-likeness (QED) is 0.648. The van der Waals surface area contributed by atoms with Gasteiger partial charge in [0.2, 0.25) is 5.82 Å². The van der Waals surface area contributed by atoms with Gasteiger partial charge in [-0.25, -0.2) is 9.55 Å². The van der Waals surface area contributed by atoms with Gasteiger partial charge in [-0.1, -0.05) is 12.1 Å². The summed E-state index contributed by atoms with van der Waals surface area (Å²) in [6, 6.07) is 7.40. The fourth-order valence-corrected chi connectivity index (χ4v) is 1.90. The molecule has 0 aliphatic carbocycles. The van der Waals surface area contributed by atoms with Gasteiger partial charge in [-0.05, 0) is 28.7 Å². The van der Waals surface area contributed by atoms with E-state index in [2.05, 4.69) is 4.98 Å². The van der Waals surface area contributed by atoms with Crippen molar-refractivity contribution in [2.75, 3.05) is 13.7 Å². The predicted octanol–water partition coefficient (Wildman–Crippen LogP) is 1.96. The Morgan fingerprint density at radius 2 is 2.29 bits per heavy atom. The smallest absolute Gasteiger partial charge is 0.343 e. The number of ether oxygens (including phenoxy) is 1. The molecule has 0 atom stereocenters. The number of aliphatic hydroxyl groups is 1. The van der Waals surface area contributed by atoms with Crippen LogP contribution in [0.15, 0.2) is 30.5 Å². The molecule has 2 rings (SSSR count). The van der Waals surface area contributed by atoms with Crippen LogP contribution in [-0.4, -0.2) is 33.3 Å². The van der Waals surface area contributed by atoms with Crippen LogP contribution in [0.5, 0.6) is 5.75 Å². The topological polar surface area (TPSA) is 90.4 Å². The highest BCUT2D eigenvalue weighted by atomic mass is 16.6. The summed E-state index contributed by atoms with van der Waals surface area (Å²) in [5, 5.41) is 19.9. The Kier molecular flexibility index (Phi) is 4.68. The molecule has 7 nitrogen and oxygen atoms in total. The molecule has 1 aromatic heterocycles. The van der Waals surface area contributed by atoms with E-state index in [1.165, 1.54) is 10.8 Å². The van der Waals surface area contributed by atoms with E-state index in [4.69, 9.17) is 9.84 Å². The number of nitro groups is 1. The zero-order chi connectivity index (χ0) is 15.2. The Hall–Kier alpha value is -2.67. The number of rotatable bonds is 6. The maximum Gasteiger partial charge on any atom is 0.343 e. The van der Waals surface area contributed by atoms with Gasteiger partial charge in [0.1, 0.15) is 18.5 Å². The van der Waals surface area contributed by atoms with Crippen molar-refractivity contribution in [2.45, 2.75) is 6.54 Å². The first-order valence-electron chi connectivity index (χ1n) is 6.28. The van der Waals surface area contributed by atoms with E-state index < -0.39 is 4.92 Å². The molecule has 1 aromatic carbocycles. The van der Waals surface area contributed by atoms with Gasteiger partial charge in [0, 0.05) is 6.08 Å². The molecule has 0 aliphatic rings. The number of aromatic nitrogens is 2. The van der Waals surface area contributed by atoms with Gasteiger partial charge < -0.3 is 20.0 Å². The fourth-order valence-electron chi connectivity index (χ4n) is 1.90. The second-order valence-electron chi connectivity index (χ2n) is 4.22. The van der Waals surface area contributed by atoms with Crippen molar-refractivity contribution in [1.82, 2.24) is 9.55 Å². The maximum absolute atomic E-state index is 10.9. The van der Waals surface area contributed by atoms with Crippen molar-refractivity contribution >= 4 is 18.0 Å². The summed E-state index contributed by atoms with van der Waals surface area (Å²) in [6.45, 7) is -0.0781. The van der Waals surface area contributed by atoms with E-state index in [0.29, 0.717) is 5.82 Å². The number of nitrogens with zero attached hydrogens (tertiary/aromatic N) is 3. The summed E-state index contributed by atoms with van der Waals surface area (Å²) in [5.74, 6) is 0.995. The fraction of sp³-hybridized carbons (Fsp3) is 0.214. The van der Waals surface area contributed by atoms with Gasteiger partial charge >= 0.3 is 5.82 Å². The standard InChI is InChI=1S/C14H15N3O4/c1-21-12-4-2-3-11(9-12)5-6-13-15-10-14(17(19)20)16(13)7-8-18/h2-6,9-10,18H,7-8H2,1H3. The van der Waals surface area contributed by atoms with Gasteiger partial charge in [0.25, 0.3) is 0 Å². The number of hydrogen-bond acceptors (Lipinski definition) is 5. The average Bonchev–Trinajstić information content (AvgIpc) is 2.89. The minimum atomic E-state index is -0.522. The first-order chi connectivity index (χ1) is 10.2. The monoisotopic (exact) mass is 289 g/mol. The summed E-state index contributed by atoms with van der Waals surface area (Å²) in [4.78, 5) is 14.4. The zero-order valence-electron chi connectivity index (χ0n) is 11.5. The van der Waals surface area contributed by atoms with Crippen molar-refractivity contribution in [3.8, 4) is 5.75 Å². The van der Waals surface area contributed by atoms with E-state index in [1.54, 1.807) is 19.3 Å². The molecule has 1 N–H and O–H groups in total. The minimum Gasteiger partial charge on any atom is -0.497 e. The first kappa shape index (κ1) is 14.7. The second kappa shape index (κ2) is 6.67. The summed E-state index contributed by atoms with van der Waals surface area (Å²) in [7, 11) is 1.58. The van der Waals surface area contributed by atoms with Crippen molar-refractivity contribution < 1.29 is 14.8 Å².